The fourth-order valence-electron chi connectivity index (χ4n) is 4.47. The standard InChI is InChI=1S/C25H21FN6O2/c26-18-7-3-6-17(16-18)24(33)30-11-5-12-31(14-13-30)25-27-20-9-2-1-8-19(20)22-28-29-23(32(22)25)21-10-4-15-34-21/h1-4,6-10,15-16H,5,11-14H2. The Morgan fingerprint density at radius 2 is 1.85 bits per heavy atom. The fourth-order valence-corrected chi connectivity index (χ4v) is 4.47. The second-order valence-corrected chi connectivity index (χ2v) is 8.23. The molecule has 1 saturated heterocycles. The van der Waals surface area contributed by atoms with Crippen LogP contribution in [0.1, 0.15) is 16.8 Å². The number of nitrogens with zero attached hydrogens (tertiary/aromatic N) is 6. The number of hydrogen-bond donors (Lipinski definition) is 0. The second-order valence-electron chi connectivity index (χ2n) is 8.23. The molecule has 34 heavy (non-hydrogen) atoms. The number of para-hydroxylation sites is 1. The minimum atomic E-state index is -0.414. The highest BCUT2D eigenvalue weighted by atomic mass is 19.1. The van der Waals surface area contributed by atoms with Crippen molar-refractivity contribution in [3.05, 3.63) is 78.3 Å². The van der Waals surface area contributed by atoms with E-state index in [9.17, 15) is 9.18 Å². The quantitative estimate of drug-likeness (QED) is 0.408. The maximum atomic E-state index is 13.6. The summed E-state index contributed by atoms with van der Waals surface area (Å²) in [5.41, 5.74) is 1.88. The Morgan fingerprint density at radius 3 is 2.71 bits per heavy atom. The molecule has 1 fully saturated rings. The molecule has 1 aliphatic heterocycles. The van der Waals surface area contributed by atoms with Crippen LogP contribution in [0.2, 0.25) is 0 Å². The molecular weight excluding hydrogens is 435 g/mol. The lowest BCUT2D eigenvalue weighted by Gasteiger charge is -2.24. The van der Waals surface area contributed by atoms with E-state index in [1.54, 1.807) is 23.3 Å². The van der Waals surface area contributed by atoms with Gasteiger partial charge in [0, 0.05) is 37.1 Å². The third kappa shape index (κ3) is 3.45. The van der Waals surface area contributed by atoms with Gasteiger partial charge in [0.05, 0.1) is 11.8 Å². The number of furan rings is 1. The van der Waals surface area contributed by atoms with E-state index in [-0.39, 0.29) is 5.91 Å². The Kier molecular flexibility index (Phi) is 4.94. The number of fused-ring (bicyclic) bond motifs is 3. The van der Waals surface area contributed by atoms with Crippen molar-refractivity contribution in [1.29, 1.82) is 0 Å². The van der Waals surface area contributed by atoms with E-state index in [0.717, 1.165) is 17.3 Å². The normalized spacial score (nSPS) is 14.6. The second kappa shape index (κ2) is 8.26. The van der Waals surface area contributed by atoms with Crippen LogP contribution < -0.4 is 4.90 Å². The molecule has 5 aromatic rings. The summed E-state index contributed by atoms with van der Waals surface area (Å²) in [5.74, 6) is 1.29. The first-order chi connectivity index (χ1) is 16.7. The summed E-state index contributed by atoms with van der Waals surface area (Å²) in [5, 5.41) is 9.77. The molecule has 1 amide bonds. The largest absolute Gasteiger partial charge is 0.461 e. The first-order valence-corrected chi connectivity index (χ1v) is 11.2. The van der Waals surface area contributed by atoms with Crippen molar-refractivity contribution in [2.45, 2.75) is 6.42 Å². The minimum absolute atomic E-state index is 0.168. The van der Waals surface area contributed by atoms with Gasteiger partial charge in [0.2, 0.25) is 11.8 Å². The predicted octanol–water partition coefficient (Wildman–Crippen LogP) is 4.03. The Labute approximate surface area is 194 Å². The molecule has 0 unspecified atom stereocenters. The van der Waals surface area contributed by atoms with E-state index in [1.165, 1.54) is 12.1 Å². The summed E-state index contributed by atoms with van der Waals surface area (Å²) < 4.78 is 21.2. The van der Waals surface area contributed by atoms with E-state index in [1.807, 2.05) is 40.8 Å². The third-order valence-corrected chi connectivity index (χ3v) is 6.11. The molecule has 3 aromatic heterocycles. The molecule has 2 aromatic carbocycles. The van der Waals surface area contributed by atoms with E-state index in [4.69, 9.17) is 9.40 Å². The van der Waals surface area contributed by atoms with E-state index >= 15 is 0 Å². The first kappa shape index (κ1) is 20.3. The molecule has 9 heteroatoms. The third-order valence-electron chi connectivity index (χ3n) is 6.11. The molecule has 8 nitrogen and oxygen atoms in total. The molecule has 170 valence electrons. The summed E-state index contributed by atoms with van der Waals surface area (Å²) in [6.07, 6.45) is 2.35. The Morgan fingerprint density at radius 1 is 0.941 bits per heavy atom. The van der Waals surface area contributed by atoms with Gasteiger partial charge in [-0.3, -0.25) is 4.79 Å². The lowest BCUT2D eigenvalue weighted by molar-refractivity contribution is 0.0766. The van der Waals surface area contributed by atoms with Gasteiger partial charge in [-0.1, -0.05) is 18.2 Å². The number of halogens is 1. The van der Waals surface area contributed by atoms with Gasteiger partial charge in [-0.2, -0.15) is 0 Å². The number of aromatic nitrogens is 4. The van der Waals surface area contributed by atoms with E-state index in [0.29, 0.717) is 54.9 Å². The maximum Gasteiger partial charge on any atom is 0.254 e. The SMILES string of the molecule is O=C(c1cccc(F)c1)N1CCCN(c2nc3ccccc3c3nnc(-c4ccco4)n23)CC1. The van der Waals surface area contributed by atoms with Crippen LogP contribution in [0, 0.1) is 5.82 Å². The van der Waals surface area contributed by atoms with Crippen LogP contribution in [0.3, 0.4) is 0 Å². The van der Waals surface area contributed by atoms with Gasteiger partial charge in [0.15, 0.2) is 11.4 Å². The Hall–Kier alpha value is -4.27. The number of amides is 1. The van der Waals surface area contributed by atoms with Crippen LogP contribution in [0.25, 0.3) is 28.1 Å². The Bertz CT molecular complexity index is 1500. The highest BCUT2D eigenvalue weighted by molar-refractivity contribution is 5.94. The molecule has 0 aliphatic carbocycles. The van der Waals surface area contributed by atoms with Crippen molar-refractivity contribution in [2.75, 3.05) is 31.1 Å². The monoisotopic (exact) mass is 456 g/mol. The number of rotatable bonds is 3. The predicted molar refractivity (Wildman–Crippen MR) is 125 cm³/mol. The number of benzene rings is 2. The highest BCUT2D eigenvalue weighted by Gasteiger charge is 2.25. The minimum Gasteiger partial charge on any atom is -0.461 e. The lowest BCUT2D eigenvalue weighted by atomic mass is 10.2. The zero-order valence-electron chi connectivity index (χ0n) is 18.3. The summed E-state index contributed by atoms with van der Waals surface area (Å²) >= 11 is 0. The van der Waals surface area contributed by atoms with Gasteiger partial charge in [-0.05, 0) is 48.9 Å². The van der Waals surface area contributed by atoms with Crippen LogP contribution >= 0.6 is 0 Å². The maximum absolute atomic E-state index is 13.6. The molecule has 0 atom stereocenters. The summed E-state index contributed by atoms with van der Waals surface area (Å²) in [4.78, 5) is 21.9. The van der Waals surface area contributed by atoms with Crippen molar-refractivity contribution in [3.63, 3.8) is 0 Å². The van der Waals surface area contributed by atoms with Crippen LogP contribution in [-0.4, -0.2) is 56.6 Å². The fraction of sp³-hybridized carbons (Fsp3) is 0.200. The number of hydrogen-bond acceptors (Lipinski definition) is 6. The van der Waals surface area contributed by atoms with Gasteiger partial charge in [-0.25, -0.2) is 13.8 Å². The van der Waals surface area contributed by atoms with Gasteiger partial charge in [0.1, 0.15) is 5.82 Å². The first-order valence-electron chi connectivity index (χ1n) is 11.2. The van der Waals surface area contributed by atoms with Crippen LogP contribution in [0.5, 0.6) is 0 Å². The zero-order chi connectivity index (χ0) is 23.1. The molecule has 0 spiro atoms. The van der Waals surface area contributed by atoms with Gasteiger partial charge in [-0.15, -0.1) is 10.2 Å². The topological polar surface area (TPSA) is 79.8 Å². The molecule has 1 aliphatic rings. The molecule has 6 rings (SSSR count). The Balaban J connectivity index is 1.39. The molecule has 0 bridgehead atoms. The van der Waals surface area contributed by atoms with E-state index in [2.05, 4.69) is 15.1 Å². The molecule has 0 N–H and O–H groups in total. The summed E-state index contributed by atoms with van der Waals surface area (Å²) in [6.45, 7) is 2.33. The summed E-state index contributed by atoms with van der Waals surface area (Å²) in [7, 11) is 0. The van der Waals surface area contributed by atoms with Crippen molar-refractivity contribution >= 4 is 28.4 Å². The van der Waals surface area contributed by atoms with Gasteiger partial charge < -0.3 is 14.2 Å². The van der Waals surface area contributed by atoms with Crippen molar-refractivity contribution in [1.82, 2.24) is 24.5 Å². The summed E-state index contributed by atoms with van der Waals surface area (Å²) in [6, 6.07) is 17.3. The number of carbonyl (C=O) groups is 1. The molecular formula is C25H21FN6O2. The number of anilines is 1. The van der Waals surface area contributed by atoms with Gasteiger partial charge in [0.25, 0.3) is 5.91 Å². The van der Waals surface area contributed by atoms with Crippen molar-refractivity contribution in [2.24, 2.45) is 0 Å². The van der Waals surface area contributed by atoms with Gasteiger partial charge >= 0.3 is 0 Å². The smallest absolute Gasteiger partial charge is 0.254 e. The highest BCUT2D eigenvalue weighted by Crippen LogP contribution is 2.29. The average molecular weight is 456 g/mol. The van der Waals surface area contributed by atoms with Crippen LogP contribution in [0.4, 0.5) is 10.3 Å². The van der Waals surface area contributed by atoms with Crippen LogP contribution in [-0.2, 0) is 0 Å². The molecule has 0 saturated carbocycles. The van der Waals surface area contributed by atoms with Crippen molar-refractivity contribution < 1.29 is 13.6 Å². The average Bonchev–Trinajstić information content (AvgIpc) is 3.48. The van der Waals surface area contributed by atoms with Crippen molar-refractivity contribution in [3.8, 4) is 11.6 Å². The zero-order valence-corrected chi connectivity index (χ0v) is 18.3. The molecule has 4 heterocycles. The van der Waals surface area contributed by atoms with E-state index < -0.39 is 5.82 Å². The van der Waals surface area contributed by atoms with Crippen LogP contribution in [0.15, 0.2) is 71.3 Å². The number of carbonyl (C=O) groups excluding carboxylic acids is 1. The molecule has 0 radical (unpaired) electrons. The lowest BCUT2D eigenvalue weighted by Crippen LogP contribution is -2.36.